The van der Waals surface area contributed by atoms with Crippen molar-refractivity contribution in [2.24, 2.45) is 17.8 Å². The number of Topliss-reactive ketones (excluding diaryl/α,β-unsaturated/α-hetero) is 5. The highest BCUT2D eigenvalue weighted by Gasteiger charge is 2.48. The summed E-state index contributed by atoms with van der Waals surface area (Å²) >= 11 is 0. The SMILES string of the molecule is CC1[C@H](OCCCCC(=O)CCCCCC(=O)CCOCC(COCCC(=O)CCCCCC(=O)CCCCO[C@@H]2OC(CO)[C@H](O)[C@H](O)C2C)(COCCC(=O)NCCCCC(=O)CCCCO[C@@H]2OC(CO)[C@H](O)[C@H](O)C2C)NC(=O)CC(=O)N2C[C@H](O)C[C@H]2COP(=O)(O)O[C@H]2CC(n3cnc4c(N)ncnc43)O[C@@H]2COP(=O)(O)C(C)C)OC(CO)[C@H](O)[C@@H]1O. The number of phosphoric ester groups is 1. The Morgan fingerprint density at radius 1 is 0.512 bits per heavy atom. The molecule has 5 fully saturated rings. The third-order valence-corrected chi connectivity index (χ3v) is 26.6. The van der Waals surface area contributed by atoms with Gasteiger partial charge in [0, 0.05) is 128 Å². The smallest absolute Gasteiger partial charge is 0.394 e. The van der Waals surface area contributed by atoms with E-state index in [1.807, 2.05) is 0 Å². The van der Waals surface area contributed by atoms with Gasteiger partial charge in [-0.2, -0.15) is 0 Å². The molecule has 45 heteroatoms. The van der Waals surface area contributed by atoms with E-state index < -0.39 is 226 Å². The van der Waals surface area contributed by atoms with Gasteiger partial charge in [-0.3, -0.25) is 56.5 Å². The van der Waals surface area contributed by atoms with Crippen LogP contribution in [0.3, 0.4) is 0 Å². The predicted octanol–water partition coefficient (Wildman–Crippen LogP) is 2.05. The number of likely N-dealkylation sites (tertiary alicyclic amines) is 1. The number of imidazole rings is 1. The summed E-state index contributed by atoms with van der Waals surface area (Å²) in [5.41, 5.74) is 3.91. The fourth-order valence-electron chi connectivity index (χ4n) is 15.6. The number of rotatable bonds is 66. The van der Waals surface area contributed by atoms with Crippen molar-refractivity contribution >= 4 is 79.0 Å². The number of fused-ring (bicyclic) bond motifs is 1. The molecule has 3 amide bonds. The summed E-state index contributed by atoms with van der Waals surface area (Å²) in [5.74, 6) is -4.15. The first-order valence-electron chi connectivity index (χ1n) is 45.3. The predicted molar refractivity (Wildman–Crippen MR) is 456 cm³/mol. The average Bonchev–Trinajstić information content (AvgIpc) is 1.63. The van der Waals surface area contributed by atoms with Gasteiger partial charge in [-0.05, 0) is 83.5 Å². The number of phosphoric acid groups is 1. The lowest BCUT2D eigenvalue weighted by molar-refractivity contribution is -0.282. The van der Waals surface area contributed by atoms with Gasteiger partial charge in [0.15, 0.2) is 30.3 Å². The molecule has 0 saturated carbocycles. The van der Waals surface area contributed by atoms with Gasteiger partial charge in [-0.15, -0.1) is 0 Å². The molecule has 7 rings (SSSR count). The number of β-amino-alcohol motifs (C(OH)–C–C–N with tert-alkyl or cyclic N) is 1. The fraction of sp³-hybridized carbons (Fsp3) is 0.845. The van der Waals surface area contributed by atoms with Crippen LogP contribution >= 0.6 is 15.4 Å². The van der Waals surface area contributed by atoms with Crippen LogP contribution in [0, 0.1) is 17.8 Å². The Morgan fingerprint density at radius 3 is 1.38 bits per heavy atom. The van der Waals surface area contributed by atoms with Gasteiger partial charge >= 0.3 is 15.4 Å². The maximum absolute atomic E-state index is 14.6. The number of nitrogens with one attached hydrogen (secondary N) is 2. The maximum Gasteiger partial charge on any atom is 0.472 e. The Balaban J connectivity index is 0.953. The van der Waals surface area contributed by atoms with Crippen LogP contribution in [-0.2, 0) is 108 Å². The molecular weight excluding hydrogens is 1740 g/mol. The quantitative estimate of drug-likeness (QED) is 0.0256. The Kier molecular flexibility index (Phi) is 48.7. The van der Waals surface area contributed by atoms with Crippen molar-refractivity contribution in [3.63, 3.8) is 0 Å². The highest BCUT2D eigenvalue weighted by Crippen LogP contribution is 2.52. The van der Waals surface area contributed by atoms with Crippen molar-refractivity contribution in [3.8, 4) is 0 Å². The van der Waals surface area contributed by atoms with Crippen LogP contribution in [-0.4, -0.2) is 347 Å². The highest BCUT2D eigenvalue weighted by atomic mass is 31.2. The second-order valence-corrected chi connectivity index (χ2v) is 38.4. The number of nitrogen functional groups attached to an aromatic ring is 1. The highest BCUT2D eigenvalue weighted by molar-refractivity contribution is 7.53. The van der Waals surface area contributed by atoms with E-state index in [9.17, 15) is 108 Å². The minimum atomic E-state index is -5.18. The van der Waals surface area contributed by atoms with E-state index in [1.165, 1.54) is 31.1 Å². The molecule has 0 spiro atoms. The molecule has 7 heterocycles. The normalized spacial score (nSPS) is 28.1. The fourth-order valence-corrected chi connectivity index (χ4v) is 17.2. The Morgan fingerprint density at radius 2 is 0.938 bits per heavy atom. The lowest BCUT2D eigenvalue weighted by Crippen LogP contribution is -2.59. The van der Waals surface area contributed by atoms with Gasteiger partial charge in [0.1, 0.15) is 108 Å². The summed E-state index contributed by atoms with van der Waals surface area (Å²) < 4.78 is 104. The number of aromatic nitrogens is 4. The van der Waals surface area contributed by atoms with Crippen LogP contribution in [0.1, 0.15) is 221 Å². The van der Waals surface area contributed by atoms with Crippen molar-refractivity contribution in [1.82, 2.24) is 35.1 Å². The topological polar surface area (TPSA) is 630 Å². The minimum absolute atomic E-state index is 0.00454. The Hall–Kier alpha value is -5.43. The number of amides is 3. The Bertz CT molecular complexity index is 3620. The van der Waals surface area contributed by atoms with E-state index in [1.54, 1.807) is 20.8 Å². The zero-order valence-electron chi connectivity index (χ0n) is 74.9. The number of hydrogen-bond acceptors (Lipinski definition) is 37. The molecule has 9 unspecified atom stereocenters. The lowest BCUT2D eigenvalue weighted by atomic mass is 9.92. The molecule has 2 aromatic rings. The molecule has 16 N–H and O–H groups in total. The number of carbonyl (C=O) groups excluding carboxylic acids is 8. The summed E-state index contributed by atoms with van der Waals surface area (Å²) in [6.45, 7) is 3.69. The van der Waals surface area contributed by atoms with Crippen LogP contribution < -0.4 is 16.4 Å². The van der Waals surface area contributed by atoms with E-state index in [0.717, 1.165) is 4.90 Å². The van der Waals surface area contributed by atoms with Gasteiger partial charge in [-0.1, -0.05) is 47.5 Å². The number of ether oxygens (including phenoxy) is 10. The van der Waals surface area contributed by atoms with Gasteiger partial charge in [-0.25, -0.2) is 19.5 Å². The first-order valence-corrected chi connectivity index (χ1v) is 48.4. The number of ketones is 5. The summed E-state index contributed by atoms with van der Waals surface area (Å²) in [5, 5.41) is 107. The van der Waals surface area contributed by atoms with Crippen molar-refractivity contribution < 1.29 is 169 Å². The van der Waals surface area contributed by atoms with Crippen molar-refractivity contribution in [2.75, 3.05) is 111 Å². The number of anilines is 1. The van der Waals surface area contributed by atoms with Gasteiger partial charge in [0.2, 0.25) is 17.7 Å². The van der Waals surface area contributed by atoms with Gasteiger partial charge < -0.3 is 134 Å². The summed E-state index contributed by atoms with van der Waals surface area (Å²) in [7, 11) is -9.41. The molecule has 0 bridgehead atoms. The second kappa shape index (κ2) is 56.8. The number of nitrogens with two attached hydrogens (primary N) is 1. The number of carbonyl (C=O) groups is 8. The van der Waals surface area contributed by atoms with Crippen LogP contribution in [0.2, 0.25) is 0 Å². The van der Waals surface area contributed by atoms with Crippen LogP contribution in [0.5, 0.6) is 0 Å². The number of aliphatic hydroxyl groups excluding tert-OH is 10. The van der Waals surface area contributed by atoms with Gasteiger partial charge in [0.25, 0.3) is 0 Å². The molecule has 2 aromatic heterocycles. The first-order chi connectivity index (χ1) is 61.5. The van der Waals surface area contributed by atoms with E-state index in [4.69, 9.17) is 66.7 Å². The molecule has 5 aliphatic rings. The van der Waals surface area contributed by atoms with E-state index >= 15 is 0 Å². The van der Waals surface area contributed by atoms with Crippen molar-refractivity contribution in [1.29, 1.82) is 0 Å². The molecule has 738 valence electrons. The second-order valence-electron chi connectivity index (χ2n) is 34.6. The van der Waals surface area contributed by atoms with Crippen LogP contribution in [0.15, 0.2) is 12.7 Å². The van der Waals surface area contributed by atoms with Crippen LogP contribution in [0.4, 0.5) is 5.82 Å². The molecule has 5 aliphatic heterocycles. The molecule has 43 nitrogen and oxygen atoms in total. The van der Waals surface area contributed by atoms with E-state index in [0.29, 0.717) is 103 Å². The van der Waals surface area contributed by atoms with Crippen LogP contribution in [0.25, 0.3) is 11.2 Å². The Labute approximate surface area is 752 Å². The summed E-state index contributed by atoms with van der Waals surface area (Å²) in [6.07, 6.45) is -7.59. The lowest BCUT2D eigenvalue weighted by Gasteiger charge is -2.40. The number of aliphatic hydroxyl groups is 10. The molecular formula is C84H142N8O35P2. The summed E-state index contributed by atoms with van der Waals surface area (Å²) in [4.78, 5) is 143. The number of hydrogen-bond donors (Lipinski definition) is 15. The third kappa shape index (κ3) is 37.0. The molecule has 129 heavy (non-hydrogen) atoms. The van der Waals surface area contributed by atoms with Crippen molar-refractivity contribution in [2.45, 2.75) is 330 Å². The summed E-state index contributed by atoms with van der Waals surface area (Å²) in [6, 6.07) is -1.13. The van der Waals surface area contributed by atoms with Gasteiger partial charge in [0.05, 0.1) is 115 Å². The molecule has 0 aliphatic carbocycles. The maximum atomic E-state index is 14.6. The van der Waals surface area contributed by atoms with Crippen molar-refractivity contribution in [3.05, 3.63) is 12.7 Å². The molecule has 0 aromatic carbocycles. The third-order valence-electron chi connectivity index (χ3n) is 23.7. The number of unbranched alkanes of at least 4 members (excludes halogenated alkanes) is 8. The average molecular weight is 1890 g/mol. The van der Waals surface area contributed by atoms with E-state index in [-0.39, 0.29) is 169 Å². The molecule has 22 atom stereocenters. The largest absolute Gasteiger partial charge is 0.472 e. The first kappa shape index (κ1) is 111. The standard InChI is InChI=1S/C84H142N8O35P2/c1-52(2)128(111,112)121-46-67-63(39-71(123-67)92-51-89-72-79(85)87-50-88-80(72)92)127-129(113,114)122-45-56-38-62(101)41-91(56)70(104)40-69(103)90-84(47-115-35-28-60(99)22-10-6-8-20-57(96)25-13-17-32-118-81-53(3)73(105)76(108)64(42-93)124-81,48-116-36-29-61(100)23-11-7-9-21-58(97)26-14-18-33-119-82-54(4)74(106)77(109)65(43-94)125-82)49-117-37-30-68(102)86-31-16-12-24-59(98)27-15-19-34-120-83-55(5)75(107)78(110)66(44-95)126-83/h50-56,62-67,71,73-78,81-83,93-95,101,105-110H,6-49H2,1-5H3,(H,86,102)(H,90,103)(H,111,112)(H,113,114)(H2,85,87,88)/t53?,54?,55?,56-,62+,63-,64?,65?,66?,67+,71?,73+,74+,75+,76-,77-,78-,81+,82+,83+,84?/m0/s1. The van der Waals surface area contributed by atoms with E-state index in [2.05, 4.69) is 25.6 Å². The molecule has 5 saturated heterocycles. The minimum Gasteiger partial charge on any atom is -0.394 e. The monoisotopic (exact) mass is 1880 g/mol. The zero-order valence-corrected chi connectivity index (χ0v) is 76.6. The molecule has 0 radical (unpaired) electrons. The number of nitrogens with zero attached hydrogens (tertiary/aromatic N) is 5. The zero-order chi connectivity index (χ0) is 94.4.